The summed E-state index contributed by atoms with van der Waals surface area (Å²) < 4.78 is 77.1. The van der Waals surface area contributed by atoms with Crippen molar-refractivity contribution in [2.24, 2.45) is 0 Å². The van der Waals surface area contributed by atoms with Crippen molar-refractivity contribution >= 4 is 27.0 Å². The molecular weight excluding hydrogens is 377 g/mol. The van der Waals surface area contributed by atoms with Crippen LogP contribution in [0.25, 0.3) is 11.0 Å². The van der Waals surface area contributed by atoms with E-state index in [1.54, 1.807) is 6.92 Å². The van der Waals surface area contributed by atoms with Gasteiger partial charge in [0.25, 0.3) is 0 Å². The Morgan fingerprint density at radius 2 is 2.22 bits per heavy atom. The van der Waals surface area contributed by atoms with Gasteiger partial charge in [-0.1, -0.05) is 15.9 Å². The predicted octanol–water partition coefficient (Wildman–Crippen LogP) is 3.91. The number of hydrogen-bond acceptors (Lipinski definition) is 3. The van der Waals surface area contributed by atoms with Gasteiger partial charge in [-0.05, 0) is 25.8 Å². The molecule has 2 aromatic rings. The number of halogens is 4. The average Bonchev–Trinajstić information content (AvgIpc) is 2.84. The molecule has 8 heteroatoms. The van der Waals surface area contributed by atoms with Crippen molar-refractivity contribution < 1.29 is 28.5 Å². The number of fused-ring (bicyclic) bond motifs is 1. The number of aromatic nitrogens is 2. The Hall–Kier alpha value is -1.28. The van der Waals surface area contributed by atoms with Crippen molar-refractivity contribution in [1.82, 2.24) is 9.55 Å². The van der Waals surface area contributed by atoms with Crippen molar-refractivity contribution in [3.05, 3.63) is 24.0 Å². The molecule has 0 spiro atoms. The van der Waals surface area contributed by atoms with E-state index in [9.17, 15) is 18.3 Å². The zero-order chi connectivity index (χ0) is 20.4. The van der Waals surface area contributed by atoms with Gasteiger partial charge in [-0.3, -0.25) is 0 Å². The molecule has 3 rings (SSSR count). The Labute approximate surface area is 145 Å². The van der Waals surface area contributed by atoms with E-state index >= 15 is 0 Å². The summed E-state index contributed by atoms with van der Waals surface area (Å²) in [6.45, 7) is -1.31. The highest BCUT2D eigenvalue weighted by atomic mass is 79.9. The number of benzene rings is 1. The molecule has 4 nitrogen and oxygen atoms in total. The van der Waals surface area contributed by atoms with E-state index in [-0.39, 0.29) is 17.1 Å². The second-order valence-corrected chi connectivity index (χ2v) is 6.24. The van der Waals surface area contributed by atoms with E-state index in [0.29, 0.717) is 18.9 Å². The van der Waals surface area contributed by atoms with E-state index in [1.807, 2.05) is 0 Å². The first-order chi connectivity index (χ1) is 12.1. The molecule has 0 atom stereocenters. The topological polar surface area (TPSA) is 47.3 Å². The third-order valence-corrected chi connectivity index (χ3v) is 4.06. The summed E-state index contributed by atoms with van der Waals surface area (Å²) in [5.74, 6) is -0.492. The molecule has 1 aliphatic carbocycles. The van der Waals surface area contributed by atoms with Crippen LogP contribution >= 0.6 is 15.9 Å². The van der Waals surface area contributed by atoms with Gasteiger partial charge in [0.1, 0.15) is 5.75 Å². The average molecular weight is 397 g/mol. The van der Waals surface area contributed by atoms with E-state index in [0.717, 1.165) is 6.07 Å². The van der Waals surface area contributed by atoms with Crippen molar-refractivity contribution in [3.8, 4) is 5.75 Å². The summed E-state index contributed by atoms with van der Waals surface area (Å²) in [6, 6.07) is 1.43. The Morgan fingerprint density at radius 3 is 2.78 bits per heavy atom. The highest BCUT2D eigenvalue weighted by Crippen LogP contribution is 2.45. The summed E-state index contributed by atoms with van der Waals surface area (Å²) in [5.41, 5.74) is -2.24. The summed E-state index contributed by atoms with van der Waals surface area (Å²) in [7, 11) is 0. The number of hydrogen-bond donors (Lipinski definition) is 1. The van der Waals surface area contributed by atoms with Crippen LogP contribution in [-0.2, 0) is 6.18 Å². The van der Waals surface area contributed by atoms with Crippen LogP contribution < -0.4 is 4.74 Å². The number of rotatable bonds is 4. The molecule has 1 aliphatic rings. The maximum absolute atomic E-state index is 13.6. The largest absolute Gasteiger partial charge is 0.493 e. The zero-order valence-corrected chi connectivity index (χ0v) is 13.6. The van der Waals surface area contributed by atoms with Crippen molar-refractivity contribution in [2.45, 2.75) is 37.6 Å². The Bertz CT molecular complexity index is 872. The second-order valence-electron chi connectivity index (χ2n) is 5.85. The number of imidazole rings is 1. The number of nitrogens with zero attached hydrogens (tertiary/aromatic N) is 2. The highest BCUT2D eigenvalue weighted by molar-refractivity contribution is 9.09. The fraction of sp³-hybridized carbons (Fsp3) is 0.533. The first-order valence-corrected chi connectivity index (χ1v) is 7.58. The quantitative estimate of drug-likeness (QED) is 0.796. The van der Waals surface area contributed by atoms with Crippen molar-refractivity contribution in [1.29, 1.82) is 0 Å². The van der Waals surface area contributed by atoms with E-state index < -0.39 is 34.9 Å². The smallest absolute Gasteiger partial charge is 0.418 e. The second kappa shape index (κ2) is 5.66. The van der Waals surface area contributed by atoms with Gasteiger partial charge in [0, 0.05) is 20.1 Å². The van der Waals surface area contributed by atoms with Gasteiger partial charge in [-0.15, -0.1) is 0 Å². The fourth-order valence-electron chi connectivity index (χ4n) is 2.93. The minimum atomic E-state index is -4.76. The SMILES string of the molecule is [2H]C([2H])(Br)C([2H])([2H])Oc1cc(C(F)(F)F)c2c(c1)ncn2C1CC(C)(O)C1. The van der Waals surface area contributed by atoms with Crippen LogP contribution in [0.5, 0.6) is 5.75 Å². The lowest BCUT2D eigenvalue weighted by Gasteiger charge is -2.41. The summed E-state index contributed by atoms with van der Waals surface area (Å²) in [6.07, 6.45) is -2.93. The van der Waals surface area contributed by atoms with Crippen molar-refractivity contribution in [2.75, 3.05) is 11.8 Å². The van der Waals surface area contributed by atoms with E-state index in [2.05, 4.69) is 20.9 Å². The van der Waals surface area contributed by atoms with Crippen LogP contribution in [0, 0.1) is 0 Å². The molecule has 1 aromatic carbocycles. The van der Waals surface area contributed by atoms with Crippen molar-refractivity contribution in [3.63, 3.8) is 0 Å². The normalized spacial score (nSPS) is 28.5. The van der Waals surface area contributed by atoms with E-state index in [1.165, 1.54) is 10.9 Å². The third kappa shape index (κ3) is 3.19. The number of alkyl halides is 4. The molecule has 1 aromatic heterocycles. The van der Waals surface area contributed by atoms with E-state index in [4.69, 9.17) is 10.2 Å². The van der Waals surface area contributed by atoms with Gasteiger partial charge in [0.2, 0.25) is 0 Å². The molecule has 126 valence electrons. The third-order valence-electron chi connectivity index (χ3n) is 3.90. The standard InChI is InChI=1S/C15H16BrF3N2O2/c1-14(22)6-9(7-14)21-8-20-12-5-10(23-3-2-16)4-11(13(12)21)15(17,18)19/h4-5,8-9,22H,2-3,6-7H2,1H3/i2D2,3D2. The first-order valence-electron chi connectivity index (χ1n) is 8.79. The van der Waals surface area contributed by atoms with Gasteiger partial charge in [0.15, 0.2) is 0 Å². The minimum Gasteiger partial charge on any atom is -0.493 e. The number of ether oxygens (including phenoxy) is 1. The molecule has 0 bridgehead atoms. The fourth-order valence-corrected chi connectivity index (χ4v) is 3.01. The predicted molar refractivity (Wildman–Crippen MR) is 82.9 cm³/mol. The summed E-state index contributed by atoms with van der Waals surface area (Å²) in [5, 5.41) is 7.25. The Balaban J connectivity index is 2.08. The van der Waals surface area contributed by atoms with Crippen LogP contribution in [0.1, 0.15) is 36.9 Å². The first kappa shape index (κ1) is 12.1. The maximum Gasteiger partial charge on any atom is 0.418 e. The molecule has 0 amide bonds. The van der Waals surface area contributed by atoms with Gasteiger partial charge in [0.05, 0.1) is 37.8 Å². The summed E-state index contributed by atoms with van der Waals surface area (Å²) in [4.78, 5) is 3.97. The summed E-state index contributed by atoms with van der Waals surface area (Å²) >= 11 is 2.48. The lowest BCUT2D eigenvalue weighted by molar-refractivity contribution is -0.136. The minimum absolute atomic E-state index is 0.0581. The Kier molecular flexibility index (Phi) is 2.99. The van der Waals surface area contributed by atoms with Crippen LogP contribution in [0.15, 0.2) is 18.5 Å². The van der Waals surface area contributed by atoms with Crippen LogP contribution in [0.2, 0.25) is 0 Å². The van der Waals surface area contributed by atoms with Gasteiger partial charge >= 0.3 is 6.18 Å². The van der Waals surface area contributed by atoms with Crippen LogP contribution in [0.3, 0.4) is 0 Å². The monoisotopic (exact) mass is 396 g/mol. The molecule has 0 saturated heterocycles. The van der Waals surface area contributed by atoms with Crippen LogP contribution in [-0.4, -0.2) is 32.1 Å². The molecule has 1 N–H and O–H groups in total. The molecule has 0 unspecified atom stereocenters. The molecule has 1 saturated carbocycles. The zero-order valence-electron chi connectivity index (χ0n) is 16.0. The van der Waals surface area contributed by atoms with Gasteiger partial charge in [-0.25, -0.2) is 4.98 Å². The molecule has 0 radical (unpaired) electrons. The molecule has 23 heavy (non-hydrogen) atoms. The lowest BCUT2D eigenvalue weighted by atomic mass is 9.77. The Morgan fingerprint density at radius 1 is 1.52 bits per heavy atom. The maximum atomic E-state index is 13.6. The highest BCUT2D eigenvalue weighted by Gasteiger charge is 2.42. The van der Waals surface area contributed by atoms with Gasteiger partial charge in [-0.2, -0.15) is 13.2 Å². The molecule has 1 heterocycles. The number of aliphatic hydroxyl groups is 1. The molecule has 0 aliphatic heterocycles. The van der Waals surface area contributed by atoms with Crippen LogP contribution in [0.4, 0.5) is 13.2 Å². The molecular formula is C15H16BrF3N2O2. The molecule has 1 fully saturated rings. The lowest BCUT2D eigenvalue weighted by Crippen LogP contribution is -2.41. The van der Waals surface area contributed by atoms with Gasteiger partial charge < -0.3 is 14.4 Å².